The standard InChI is InChI=1S/C40H28N4O/c1-25-10-9-11-26(2)39(25)37-24-42-40-33-22-27(17-19-29(33)30-12-3-6-15-35(30)44(37)40)45-28-18-20-32-31-13-4-5-14-34(31)43(36(32)23-28)38-16-7-8-21-41-38/h3-24H,1-2H3. The van der Waals surface area contributed by atoms with E-state index in [1.54, 1.807) is 0 Å². The SMILES string of the molecule is Cc1cccc(C)c1-c1cnc2c3cc(Oc4ccc5c6ccccc6n(-c6ccccn6)c5c4)ccc3c3ccccc3n12. The molecule has 0 bridgehead atoms. The summed E-state index contributed by atoms with van der Waals surface area (Å²) in [6.07, 6.45) is 3.84. The van der Waals surface area contributed by atoms with Gasteiger partial charge < -0.3 is 4.74 Å². The zero-order valence-electron chi connectivity index (χ0n) is 24.9. The number of aromatic nitrogens is 4. The molecular formula is C40H28N4O. The van der Waals surface area contributed by atoms with Gasteiger partial charge >= 0.3 is 0 Å². The van der Waals surface area contributed by atoms with E-state index in [1.165, 1.54) is 27.5 Å². The second-order valence-corrected chi connectivity index (χ2v) is 11.6. The maximum atomic E-state index is 6.60. The molecule has 0 aliphatic carbocycles. The monoisotopic (exact) mass is 580 g/mol. The summed E-state index contributed by atoms with van der Waals surface area (Å²) in [5.41, 5.74) is 8.99. The molecule has 9 rings (SSSR count). The van der Waals surface area contributed by atoms with Crippen LogP contribution >= 0.6 is 0 Å². The van der Waals surface area contributed by atoms with Gasteiger partial charge in [0.25, 0.3) is 0 Å². The molecule has 4 aromatic heterocycles. The Balaban J connectivity index is 1.23. The Hall–Kier alpha value is -5.94. The minimum absolute atomic E-state index is 0.760. The Labute approximate surface area is 259 Å². The Bertz CT molecular complexity index is 2570. The Morgan fingerprint density at radius 3 is 1.98 bits per heavy atom. The fourth-order valence-corrected chi connectivity index (χ4v) is 6.97. The summed E-state index contributed by atoms with van der Waals surface area (Å²) in [4.78, 5) is 9.68. The predicted octanol–water partition coefficient (Wildman–Crippen LogP) is 10.2. The number of imidazole rings is 1. The van der Waals surface area contributed by atoms with Crippen LogP contribution in [0.4, 0.5) is 0 Å². The van der Waals surface area contributed by atoms with Crippen molar-refractivity contribution >= 4 is 49.1 Å². The molecule has 0 amide bonds. The van der Waals surface area contributed by atoms with Crippen molar-refractivity contribution in [3.8, 4) is 28.6 Å². The number of fused-ring (bicyclic) bond motifs is 9. The maximum Gasteiger partial charge on any atom is 0.145 e. The van der Waals surface area contributed by atoms with Crippen LogP contribution in [0.25, 0.3) is 66.2 Å². The summed E-state index contributed by atoms with van der Waals surface area (Å²) in [7, 11) is 0. The minimum atomic E-state index is 0.760. The third-order valence-corrected chi connectivity index (χ3v) is 8.93. The fourth-order valence-electron chi connectivity index (χ4n) is 6.97. The Morgan fingerprint density at radius 1 is 0.533 bits per heavy atom. The molecule has 214 valence electrons. The number of aryl methyl sites for hydroxylation is 2. The zero-order valence-corrected chi connectivity index (χ0v) is 24.9. The van der Waals surface area contributed by atoms with Crippen molar-refractivity contribution in [2.75, 3.05) is 0 Å². The van der Waals surface area contributed by atoms with Gasteiger partial charge in [-0.05, 0) is 85.0 Å². The number of para-hydroxylation sites is 2. The average molecular weight is 581 g/mol. The van der Waals surface area contributed by atoms with Crippen LogP contribution < -0.4 is 4.74 Å². The first-order valence-corrected chi connectivity index (χ1v) is 15.2. The van der Waals surface area contributed by atoms with Gasteiger partial charge in [0.1, 0.15) is 23.0 Å². The number of benzene rings is 5. The number of ether oxygens (including phenoxy) is 1. The summed E-state index contributed by atoms with van der Waals surface area (Å²) < 4.78 is 11.1. The Kier molecular flexibility index (Phi) is 5.56. The van der Waals surface area contributed by atoms with E-state index in [9.17, 15) is 0 Å². The highest BCUT2D eigenvalue weighted by molar-refractivity contribution is 6.13. The molecule has 0 N–H and O–H groups in total. The van der Waals surface area contributed by atoms with Gasteiger partial charge in [0.15, 0.2) is 0 Å². The van der Waals surface area contributed by atoms with E-state index in [0.29, 0.717) is 0 Å². The van der Waals surface area contributed by atoms with E-state index in [0.717, 1.165) is 61.4 Å². The zero-order chi connectivity index (χ0) is 30.1. The second kappa shape index (κ2) is 9.79. The van der Waals surface area contributed by atoms with Crippen molar-refractivity contribution in [3.63, 3.8) is 0 Å². The van der Waals surface area contributed by atoms with Gasteiger partial charge in [0.05, 0.1) is 28.4 Å². The number of rotatable bonds is 4. The first-order valence-electron chi connectivity index (χ1n) is 15.2. The van der Waals surface area contributed by atoms with Crippen molar-refractivity contribution in [2.24, 2.45) is 0 Å². The third kappa shape index (κ3) is 3.87. The van der Waals surface area contributed by atoms with Crippen LogP contribution in [0.2, 0.25) is 0 Å². The van der Waals surface area contributed by atoms with Crippen LogP contribution in [0, 0.1) is 13.8 Å². The number of nitrogens with zero attached hydrogens (tertiary/aromatic N) is 4. The topological polar surface area (TPSA) is 44.3 Å². The fraction of sp³-hybridized carbons (Fsp3) is 0.0500. The molecule has 0 spiro atoms. The van der Waals surface area contributed by atoms with Gasteiger partial charge in [-0.3, -0.25) is 8.97 Å². The first-order chi connectivity index (χ1) is 22.2. The molecule has 0 aliphatic heterocycles. The Morgan fingerprint density at radius 2 is 1.20 bits per heavy atom. The summed E-state index contributed by atoms with van der Waals surface area (Å²) in [6.45, 7) is 4.34. The molecule has 4 heterocycles. The highest BCUT2D eigenvalue weighted by Gasteiger charge is 2.18. The first kappa shape index (κ1) is 25.5. The molecule has 0 saturated carbocycles. The number of pyridine rings is 2. The van der Waals surface area contributed by atoms with Crippen LogP contribution in [0.3, 0.4) is 0 Å². The highest BCUT2D eigenvalue weighted by Crippen LogP contribution is 2.39. The summed E-state index contributed by atoms with van der Waals surface area (Å²) >= 11 is 0. The molecule has 0 atom stereocenters. The molecule has 0 radical (unpaired) electrons. The van der Waals surface area contributed by atoms with Gasteiger partial charge in [0, 0.05) is 39.4 Å². The second-order valence-electron chi connectivity index (χ2n) is 11.6. The molecule has 0 aliphatic rings. The van der Waals surface area contributed by atoms with E-state index in [2.05, 4.69) is 125 Å². The van der Waals surface area contributed by atoms with Gasteiger partial charge in [-0.25, -0.2) is 9.97 Å². The number of hydrogen-bond donors (Lipinski definition) is 0. The van der Waals surface area contributed by atoms with Gasteiger partial charge in [-0.15, -0.1) is 0 Å². The molecule has 0 fully saturated rings. The van der Waals surface area contributed by atoms with Crippen LogP contribution in [-0.4, -0.2) is 18.9 Å². The number of hydrogen-bond acceptors (Lipinski definition) is 3. The average Bonchev–Trinajstić information content (AvgIpc) is 3.65. The smallest absolute Gasteiger partial charge is 0.145 e. The van der Waals surface area contributed by atoms with Crippen molar-refractivity contribution in [2.45, 2.75) is 13.8 Å². The largest absolute Gasteiger partial charge is 0.457 e. The lowest BCUT2D eigenvalue weighted by molar-refractivity contribution is 0.484. The molecule has 5 aromatic carbocycles. The molecule has 5 heteroatoms. The van der Waals surface area contributed by atoms with Gasteiger partial charge in [-0.2, -0.15) is 0 Å². The van der Waals surface area contributed by atoms with Gasteiger partial charge in [-0.1, -0.05) is 60.7 Å². The van der Waals surface area contributed by atoms with Gasteiger partial charge in [0.2, 0.25) is 0 Å². The van der Waals surface area contributed by atoms with Crippen LogP contribution in [0.5, 0.6) is 11.5 Å². The molecule has 5 nitrogen and oxygen atoms in total. The van der Waals surface area contributed by atoms with Crippen molar-refractivity contribution in [1.82, 2.24) is 18.9 Å². The van der Waals surface area contributed by atoms with Crippen molar-refractivity contribution in [1.29, 1.82) is 0 Å². The maximum absolute atomic E-state index is 6.60. The molecule has 0 saturated heterocycles. The molecule has 9 aromatic rings. The lowest BCUT2D eigenvalue weighted by Crippen LogP contribution is -1.97. The van der Waals surface area contributed by atoms with Crippen LogP contribution in [-0.2, 0) is 0 Å². The normalized spacial score (nSPS) is 11.8. The molecule has 45 heavy (non-hydrogen) atoms. The van der Waals surface area contributed by atoms with E-state index in [1.807, 2.05) is 36.7 Å². The predicted molar refractivity (Wildman–Crippen MR) is 184 cm³/mol. The van der Waals surface area contributed by atoms with Crippen molar-refractivity contribution < 1.29 is 4.74 Å². The third-order valence-electron chi connectivity index (χ3n) is 8.93. The van der Waals surface area contributed by atoms with E-state index < -0.39 is 0 Å². The lowest BCUT2D eigenvalue weighted by atomic mass is 10.00. The lowest BCUT2D eigenvalue weighted by Gasteiger charge is -2.14. The van der Waals surface area contributed by atoms with E-state index >= 15 is 0 Å². The van der Waals surface area contributed by atoms with E-state index in [4.69, 9.17) is 9.72 Å². The minimum Gasteiger partial charge on any atom is -0.457 e. The highest BCUT2D eigenvalue weighted by atomic mass is 16.5. The summed E-state index contributed by atoms with van der Waals surface area (Å²) in [5, 5.41) is 5.72. The quantitative estimate of drug-likeness (QED) is 0.195. The summed E-state index contributed by atoms with van der Waals surface area (Å²) in [5.74, 6) is 2.40. The summed E-state index contributed by atoms with van der Waals surface area (Å²) in [6, 6.07) is 42.1. The molecular weight excluding hydrogens is 552 g/mol. The van der Waals surface area contributed by atoms with Crippen LogP contribution in [0.1, 0.15) is 11.1 Å². The van der Waals surface area contributed by atoms with E-state index in [-0.39, 0.29) is 0 Å². The molecule has 0 unspecified atom stereocenters. The van der Waals surface area contributed by atoms with Crippen LogP contribution in [0.15, 0.2) is 134 Å². The van der Waals surface area contributed by atoms with Crippen molar-refractivity contribution in [3.05, 3.63) is 145 Å².